The van der Waals surface area contributed by atoms with Crippen molar-refractivity contribution in [3.63, 3.8) is 0 Å². The summed E-state index contributed by atoms with van der Waals surface area (Å²) < 4.78 is 18.3. The molecule has 3 nitrogen and oxygen atoms in total. The van der Waals surface area contributed by atoms with Crippen LogP contribution in [0.1, 0.15) is 45.6 Å². The summed E-state index contributed by atoms with van der Waals surface area (Å²) >= 11 is -1.23. The number of hydrogen-bond acceptors (Lipinski definition) is 3. The molecule has 0 bridgehead atoms. The van der Waals surface area contributed by atoms with Gasteiger partial charge >= 0.3 is 0 Å². The third-order valence-electron chi connectivity index (χ3n) is 4.70. The molecule has 0 aromatic heterocycles. The monoisotopic (exact) mass is 368 g/mol. The van der Waals surface area contributed by atoms with Crippen LogP contribution >= 0.6 is 0 Å². The number of Topliss-reactive ketones (excluding diaryl/α,β-unsaturated/α-hetero) is 1. The summed E-state index contributed by atoms with van der Waals surface area (Å²) in [5, 5.41) is 0.216. The van der Waals surface area contributed by atoms with E-state index in [0.717, 1.165) is 23.3 Å². The molecule has 1 atom stereocenters. The van der Waals surface area contributed by atoms with Crippen molar-refractivity contribution in [2.75, 3.05) is 12.4 Å². The molecule has 1 aromatic rings. The Morgan fingerprint density at radius 1 is 1.17 bits per heavy atom. The van der Waals surface area contributed by atoms with Crippen LogP contribution < -0.4 is 0 Å². The highest BCUT2D eigenvalue weighted by atomic mass is 32.2. The molecular formula is C19H32O3SSi. The lowest BCUT2D eigenvalue weighted by atomic mass is 10.2. The van der Waals surface area contributed by atoms with Crippen LogP contribution in [0, 0.1) is 6.92 Å². The van der Waals surface area contributed by atoms with Gasteiger partial charge in [-0.3, -0.25) is 4.79 Å². The summed E-state index contributed by atoms with van der Waals surface area (Å²) in [6, 6.07) is 7.53. The molecule has 5 heteroatoms. The SMILES string of the molecule is Cc1ccc([S@+]([O-])CC(=O)CCCCO[Si](C)(C)C(C)(C)C)cc1. The van der Waals surface area contributed by atoms with E-state index in [1.54, 1.807) is 0 Å². The van der Waals surface area contributed by atoms with Crippen LogP contribution in [0.4, 0.5) is 0 Å². The Hall–Kier alpha value is -0.623. The number of benzene rings is 1. The summed E-state index contributed by atoms with van der Waals surface area (Å²) in [6.07, 6.45) is 2.17. The van der Waals surface area contributed by atoms with Crippen LogP contribution in [0.5, 0.6) is 0 Å². The molecule has 0 saturated heterocycles. The van der Waals surface area contributed by atoms with Crippen molar-refractivity contribution < 1.29 is 13.8 Å². The predicted molar refractivity (Wildman–Crippen MR) is 104 cm³/mol. The lowest BCUT2D eigenvalue weighted by Gasteiger charge is -2.36. The Morgan fingerprint density at radius 2 is 1.75 bits per heavy atom. The van der Waals surface area contributed by atoms with Gasteiger partial charge in [-0.25, -0.2) is 0 Å². The second-order valence-corrected chi connectivity index (χ2v) is 14.2. The fraction of sp³-hybridized carbons (Fsp3) is 0.632. The third kappa shape index (κ3) is 7.09. The summed E-state index contributed by atoms with van der Waals surface area (Å²) in [5.74, 6) is 0.188. The molecule has 0 saturated carbocycles. The van der Waals surface area contributed by atoms with E-state index in [9.17, 15) is 9.35 Å². The first-order chi connectivity index (χ1) is 11.0. The van der Waals surface area contributed by atoms with Crippen LogP contribution in [-0.2, 0) is 20.4 Å². The van der Waals surface area contributed by atoms with Crippen molar-refractivity contribution >= 4 is 25.3 Å². The summed E-state index contributed by atoms with van der Waals surface area (Å²) in [5.41, 5.74) is 1.13. The topological polar surface area (TPSA) is 49.4 Å². The predicted octanol–water partition coefficient (Wildman–Crippen LogP) is 4.86. The molecular weight excluding hydrogens is 336 g/mol. The molecule has 1 aromatic carbocycles. The van der Waals surface area contributed by atoms with Crippen molar-refractivity contribution in [3.05, 3.63) is 29.8 Å². The molecule has 0 N–H and O–H groups in total. The van der Waals surface area contributed by atoms with Gasteiger partial charge in [-0.05, 0) is 61.2 Å². The van der Waals surface area contributed by atoms with E-state index >= 15 is 0 Å². The van der Waals surface area contributed by atoms with Gasteiger partial charge in [0.1, 0.15) is 0 Å². The zero-order chi connectivity index (χ0) is 18.4. The molecule has 0 radical (unpaired) electrons. The fourth-order valence-corrected chi connectivity index (χ4v) is 4.09. The van der Waals surface area contributed by atoms with Gasteiger partial charge in [0, 0.05) is 13.0 Å². The molecule has 0 aliphatic heterocycles. The Balaban J connectivity index is 2.26. The molecule has 0 spiro atoms. The van der Waals surface area contributed by atoms with Gasteiger partial charge < -0.3 is 8.98 Å². The maximum Gasteiger partial charge on any atom is 0.191 e. The van der Waals surface area contributed by atoms with Crippen LogP contribution in [-0.4, -0.2) is 31.0 Å². The molecule has 0 aliphatic rings. The van der Waals surface area contributed by atoms with E-state index in [1.165, 1.54) is 0 Å². The number of hydrogen-bond donors (Lipinski definition) is 0. The normalized spacial score (nSPS) is 13.8. The highest BCUT2D eigenvalue weighted by Crippen LogP contribution is 2.36. The van der Waals surface area contributed by atoms with E-state index in [4.69, 9.17) is 4.43 Å². The quantitative estimate of drug-likeness (QED) is 0.355. The van der Waals surface area contributed by atoms with E-state index < -0.39 is 19.5 Å². The first-order valence-corrected chi connectivity index (χ1v) is 12.9. The molecule has 0 fully saturated rings. The van der Waals surface area contributed by atoms with Gasteiger partial charge in [0.15, 0.2) is 24.7 Å². The molecule has 1 rings (SSSR count). The van der Waals surface area contributed by atoms with Crippen LogP contribution in [0.3, 0.4) is 0 Å². The average molecular weight is 369 g/mol. The summed E-state index contributed by atoms with van der Waals surface area (Å²) in [4.78, 5) is 12.7. The Kier molecular flexibility index (Phi) is 8.19. The second kappa shape index (κ2) is 9.18. The van der Waals surface area contributed by atoms with E-state index in [2.05, 4.69) is 33.9 Å². The van der Waals surface area contributed by atoms with Crippen molar-refractivity contribution in [3.8, 4) is 0 Å². The Bertz CT molecular complexity index is 520. The maximum absolute atomic E-state index is 12.2. The van der Waals surface area contributed by atoms with E-state index in [-0.39, 0.29) is 16.6 Å². The van der Waals surface area contributed by atoms with Gasteiger partial charge in [0.25, 0.3) is 0 Å². The first kappa shape index (κ1) is 21.4. The second-order valence-electron chi connectivity index (χ2n) is 7.91. The molecule has 0 unspecified atom stereocenters. The van der Waals surface area contributed by atoms with Crippen LogP contribution in [0.15, 0.2) is 29.2 Å². The average Bonchev–Trinajstić information content (AvgIpc) is 2.46. The zero-order valence-electron chi connectivity index (χ0n) is 16.0. The first-order valence-electron chi connectivity index (χ1n) is 8.63. The van der Waals surface area contributed by atoms with Crippen LogP contribution in [0.2, 0.25) is 18.1 Å². The number of carbonyl (C=O) groups is 1. The van der Waals surface area contributed by atoms with Gasteiger partial charge in [0.2, 0.25) is 0 Å². The highest BCUT2D eigenvalue weighted by molar-refractivity contribution is 7.92. The minimum absolute atomic E-state index is 0.0706. The molecule has 0 aliphatic carbocycles. The number of unbranched alkanes of at least 4 members (excludes halogenated alkanes) is 1. The van der Waals surface area contributed by atoms with Crippen molar-refractivity contribution in [2.24, 2.45) is 0 Å². The van der Waals surface area contributed by atoms with Gasteiger partial charge in [-0.15, -0.1) is 0 Å². The number of ketones is 1. The molecule has 24 heavy (non-hydrogen) atoms. The Labute approximate surface area is 151 Å². The highest BCUT2D eigenvalue weighted by Gasteiger charge is 2.36. The van der Waals surface area contributed by atoms with Crippen LogP contribution in [0.25, 0.3) is 0 Å². The smallest absolute Gasteiger partial charge is 0.191 e. The lowest BCUT2D eigenvalue weighted by molar-refractivity contribution is -0.116. The van der Waals surface area contributed by atoms with Crippen molar-refractivity contribution in [2.45, 2.75) is 70.0 Å². The van der Waals surface area contributed by atoms with Crippen molar-refractivity contribution in [1.29, 1.82) is 0 Å². The standard InChI is InChI=1S/C19H32O3SSi/c1-16-10-12-18(13-11-16)23(21)15-17(20)9-7-8-14-22-24(5,6)19(2,3)4/h10-13H,7-9,14-15H2,1-6H3/t23-/m1/s1. The summed E-state index contributed by atoms with van der Waals surface area (Å²) in [7, 11) is -1.69. The minimum Gasteiger partial charge on any atom is -0.611 e. The van der Waals surface area contributed by atoms with Crippen molar-refractivity contribution in [1.82, 2.24) is 0 Å². The van der Waals surface area contributed by atoms with E-state index in [0.29, 0.717) is 13.0 Å². The zero-order valence-corrected chi connectivity index (χ0v) is 17.8. The van der Waals surface area contributed by atoms with Gasteiger partial charge in [0.05, 0.1) is 0 Å². The fourth-order valence-electron chi connectivity index (χ4n) is 1.96. The van der Waals surface area contributed by atoms with Gasteiger partial charge in [-0.2, -0.15) is 0 Å². The third-order valence-corrected chi connectivity index (χ3v) is 10.6. The molecule has 136 valence electrons. The maximum atomic E-state index is 12.2. The largest absolute Gasteiger partial charge is 0.611 e. The Morgan fingerprint density at radius 3 is 2.29 bits per heavy atom. The molecule has 0 heterocycles. The number of carbonyl (C=O) groups excluding carboxylic acids is 1. The minimum atomic E-state index is -1.69. The summed E-state index contributed by atoms with van der Waals surface area (Å²) in [6.45, 7) is 13.9. The molecule has 0 amide bonds. The number of rotatable bonds is 9. The number of aryl methyl sites for hydroxylation is 1. The van der Waals surface area contributed by atoms with Gasteiger partial charge in [-0.1, -0.05) is 38.5 Å². The lowest BCUT2D eigenvalue weighted by Crippen LogP contribution is -2.40. The van der Waals surface area contributed by atoms with E-state index in [1.807, 2.05) is 31.2 Å².